The Morgan fingerprint density at radius 1 is 0.280 bits per heavy atom. The van der Waals surface area contributed by atoms with Gasteiger partial charge in [0.05, 0.1) is 0 Å². The lowest BCUT2D eigenvalue weighted by atomic mass is 10.0. The van der Waals surface area contributed by atoms with Crippen molar-refractivity contribution in [2.75, 3.05) is 13.2 Å². The van der Waals surface area contributed by atoms with Crippen molar-refractivity contribution in [3.8, 4) is 0 Å². The second kappa shape index (κ2) is 62.9. The van der Waals surface area contributed by atoms with E-state index in [0.29, 0.717) is 19.3 Å². The lowest BCUT2D eigenvalue weighted by molar-refractivity contribution is -0.167. The summed E-state index contributed by atoms with van der Waals surface area (Å²) in [5.74, 6) is -0.886. The molecule has 1 atom stereocenters. The van der Waals surface area contributed by atoms with Gasteiger partial charge in [-0.2, -0.15) is 0 Å². The molecule has 6 nitrogen and oxygen atoms in total. The minimum absolute atomic E-state index is 0.0784. The van der Waals surface area contributed by atoms with Gasteiger partial charge in [-0.1, -0.05) is 279 Å². The third-order valence-corrected chi connectivity index (χ3v) is 13.6. The Hall–Kier alpha value is -3.67. The molecule has 0 radical (unpaired) electrons. The van der Waals surface area contributed by atoms with E-state index in [4.69, 9.17) is 14.2 Å². The fraction of sp³-hybridized carbons (Fsp3) is 0.725. The van der Waals surface area contributed by atoms with E-state index in [0.717, 1.165) is 116 Å². The van der Waals surface area contributed by atoms with Gasteiger partial charge in [0.1, 0.15) is 13.2 Å². The molecular formula is C69H118O6. The average Bonchev–Trinajstić information content (AvgIpc) is 3.41. The third-order valence-electron chi connectivity index (χ3n) is 13.6. The molecule has 0 aromatic rings. The number of hydrogen-bond donors (Lipinski definition) is 0. The molecule has 0 bridgehead atoms. The molecule has 0 amide bonds. The van der Waals surface area contributed by atoms with Gasteiger partial charge in [-0.05, 0) is 103 Å². The van der Waals surface area contributed by atoms with Gasteiger partial charge in [0, 0.05) is 19.3 Å². The molecule has 6 heteroatoms. The highest BCUT2D eigenvalue weighted by Crippen LogP contribution is 2.16. The van der Waals surface area contributed by atoms with Gasteiger partial charge < -0.3 is 14.2 Å². The monoisotopic (exact) mass is 1040 g/mol. The third kappa shape index (κ3) is 61.1. The molecular weight excluding hydrogens is 925 g/mol. The van der Waals surface area contributed by atoms with Gasteiger partial charge in [-0.15, -0.1) is 0 Å². The van der Waals surface area contributed by atoms with Crippen LogP contribution in [0.2, 0.25) is 0 Å². The molecule has 0 spiro atoms. The largest absolute Gasteiger partial charge is 0.462 e. The van der Waals surface area contributed by atoms with E-state index in [1.54, 1.807) is 0 Å². The Morgan fingerprint density at radius 3 is 0.827 bits per heavy atom. The Kier molecular flexibility index (Phi) is 59.8. The molecule has 0 saturated carbocycles. The molecule has 0 aromatic heterocycles. The Bertz CT molecular complexity index is 1480. The van der Waals surface area contributed by atoms with E-state index in [1.165, 1.54) is 148 Å². The van der Waals surface area contributed by atoms with Gasteiger partial charge >= 0.3 is 17.9 Å². The predicted octanol–water partition coefficient (Wildman–Crippen LogP) is 21.7. The molecule has 1 unspecified atom stereocenters. The molecule has 0 aliphatic heterocycles. The Labute approximate surface area is 464 Å². The van der Waals surface area contributed by atoms with Gasteiger partial charge in [-0.25, -0.2) is 0 Å². The topological polar surface area (TPSA) is 78.9 Å². The summed E-state index contributed by atoms with van der Waals surface area (Å²) in [5, 5.41) is 0. The molecule has 0 fully saturated rings. The summed E-state index contributed by atoms with van der Waals surface area (Å²) in [6.07, 6.45) is 84.3. The van der Waals surface area contributed by atoms with Crippen molar-refractivity contribution in [3.05, 3.63) is 97.2 Å². The zero-order valence-corrected chi connectivity index (χ0v) is 49.3. The number of ether oxygens (including phenoxy) is 3. The van der Waals surface area contributed by atoms with Crippen molar-refractivity contribution >= 4 is 17.9 Å². The molecule has 0 rings (SSSR count). The summed E-state index contributed by atoms with van der Waals surface area (Å²) in [6, 6.07) is 0. The zero-order valence-electron chi connectivity index (χ0n) is 49.3. The predicted molar refractivity (Wildman–Crippen MR) is 325 cm³/mol. The average molecular weight is 1040 g/mol. The van der Waals surface area contributed by atoms with Gasteiger partial charge in [0.25, 0.3) is 0 Å². The first kappa shape index (κ1) is 71.3. The summed E-state index contributed by atoms with van der Waals surface area (Å²) in [7, 11) is 0. The van der Waals surface area contributed by atoms with Crippen molar-refractivity contribution < 1.29 is 28.6 Å². The van der Waals surface area contributed by atoms with Crippen LogP contribution in [0.4, 0.5) is 0 Å². The van der Waals surface area contributed by atoms with Crippen LogP contribution in [0, 0.1) is 0 Å². The Morgan fingerprint density at radius 2 is 0.520 bits per heavy atom. The molecule has 0 aromatic carbocycles. The Balaban J connectivity index is 4.12. The van der Waals surface area contributed by atoms with E-state index in [1.807, 2.05) is 0 Å². The molecule has 0 aliphatic carbocycles. The highest BCUT2D eigenvalue weighted by molar-refractivity contribution is 5.71. The summed E-state index contributed by atoms with van der Waals surface area (Å²) >= 11 is 0. The highest BCUT2D eigenvalue weighted by atomic mass is 16.6. The lowest BCUT2D eigenvalue weighted by Crippen LogP contribution is -2.30. The zero-order chi connectivity index (χ0) is 54.3. The number of carbonyl (C=O) groups excluding carboxylic acids is 3. The molecule has 75 heavy (non-hydrogen) atoms. The quantitative estimate of drug-likeness (QED) is 0.0261. The first-order chi connectivity index (χ1) is 37.0. The van der Waals surface area contributed by atoms with Gasteiger partial charge in [0.15, 0.2) is 6.10 Å². The fourth-order valence-electron chi connectivity index (χ4n) is 8.83. The van der Waals surface area contributed by atoms with Crippen LogP contribution >= 0.6 is 0 Å². The fourth-order valence-corrected chi connectivity index (χ4v) is 8.83. The minimum Gasteiger partial charge on any atom is -0.462 e. The van der Waals surface area contributed by atoms with E-state index < -0.39 is 6.10 Å². The van der Waals surface area contributed by atoms with Crippen LogP contribution in [-0.2, 0) is 28.6 Å². The minimum atomic E-state index is -0.779. The number of carbonyl (C=O) groups is 3. The number of allylic oxidation sites excluding steroid dienone is 16. The standard InChI is InChI=1S/C69H118O6/c1-4-7-10-13-16-19-21-23-25-27-28-29-30-31-32-33-34-35-36-37-38-39-40-41-42-43-45-46-48-50-53-56-59-62-68(71)74-65-66(64-73-67(70)61-58-55-52-18-15-12-9-6-3)75-69(72)63-60-57-54-51-49-47-44-26-24-22-20-17-14-11-8-5-2/h7,10,16,19,23,25-26,28-29,31-32,34-35,37-38,44,66H,4-6,8-9,11-15,17-18,20-22,24,27,30,33,36,39-43,45-65H2,1-3H3/b10-7-,19-16-,25-23-,29-28-,32-31-,35-34-,38-37-,44-26-. The van der Waals surface area contributed by atoms with Crippen LogP contribution in [0.25, 0.3) is 0 Å². The van der Waals surface area contributed by atoms with Crippen LogP contribution in [0.15, 0.2) is 97.2 Å². The first-order valence-corrected chi connectivity index (χ1v) is 31.7. The van der Waals surface area contributed by atoms with Crippen molar-refractivity contribution in [2.45, 2.75) is 309 Å². The molecule has 0 N–H and O–H groups in total. The summed E-state index contributed by atoms with van der Waals surface area (Å²) in [6.45, 7) is 6.50. The smallest absolute Gasteiger partial charge is 0.306 e. The van der Waals surface area contributed by atoms with Crippen molar-refractivity contribution in [3.63, 3.8) is 0 Å². The number of hydrogen-bond acceptors (Lipinski definition) is 6. The van der Waals surface area contributed by atoms with Crippen molar-refractivity contribution in [1.82, 2.24) is 0 Å². The molecule has 0 aliphatic rings. The van der Waals surface area contributed by atoms with Crippen molar-refractivity contribution in [2.24, 2.45) is 0 Å². The van der Waals surface area contributed by atoms with E-state index in [-0.39, 0.29) is 31.1 Å². The number of esters is 3. The maximum absolute atomic E-state index is 12.8. The maximum atomic E-state index is 12.8. The molecule has 430 valence electrons. The summed E-state index contributed by atoms with van der Waals surface area (Å²) < 4.78 is 16.8. The number of rotatable bonds is 57. The van der Waals surface area contributed by atoms with Crippen LogP contribution in [0.1, 0.15) is 303 Å². The second-order valence-corrected chi connectivity index (χ2v) is 20.9. The first-order valence-electron chi connectivity index (χ1n) is 31.7. The van der Waals surface area contributed by atoms with Gasteiger partial charge in [-0.3, -0.25) is 14.4 Å². The van der Waals surface area contributed by atoms with E-state index in [2.05, 4.69) is 118 Å². The lowest BCUT2D eigenvalue weighted by Gasteiger charge is -2.18. The summed E-state index contributed by atoms with van der Waals surface area (Å²) in [4.78, 5) is 38.1. The molecule has 0 saturated heterocycles. The molecule has 0 heterocycles. The summed E-state index contributed by atoms with van der Waals surface area (Å²) in [5.41, 5.74) is 0. The second-order valence-electron chi connectivity index (χ2n) is 20.9. The van der Waals surface area contributed by atoms with E-state index in [9.17, 15) is 14.4 Å². The SMILES string of the molecule is CC/C=C\C/C=C\C/C=C\C/C=C\C/C=C\C/C=C\C/C=C\CCCCCCCCCCCCCC(=O)OCC(COC(=O)CCCCCCCCCC)OC(=O)CCCCCCC/C=C\CCCCCCCCC. The van der Waals surface area contributed by atoms with Crippen molar-refractivity contribution in [1.29, 1.82) is 0 Å². The van der Waals surface area contributed by atoms with Crippen LogP contribution in [0.5, 0.6) is 0 Å². The highest BCUT2D eigenvalue weighted by Gasteiger charge is 2.19. The number of unbranched alkanes of at least 4 members (excludes halogenated alkanes) is 30. The maximum Gasteiger partial charge on any atom is 0.306 e. The normalized spacial score (nSPS) is 12.7. The van der Waals surface area contributed by atoms with Crippen LogP contribution < -0.4 is 0 Å². The van der Waals surface area contributed by atoms with Crippen LogP contribution in [0.3, 0.4) is 0 Å². The van der Waals surface area contributed by atoms with Gasteiger partial charge in [0.2, 0.25) is 0 Å². The van der Waals surface area contributed by atoms with Crippen LogP contribution in [-0.4, -0.2) is 37.2 Å². The van der Waals surface area contributed by atoms with E-state index >= 15 is 0 Å².